The lowest BCUT2D eigenvalue weighted by molar-refractivity contribution is -0.140. The van der Waals surface area contributed by atoms with Gasteiger partial charge in [0.25, 0.3) is 0 Å². The number of thiol groups is 1. The van der Waals surface area contributed by atoms with E-state index < -0.39 is 18.0 Å². The van der Waals surface area contributed by atoms with Crippen molar-refractivity contribution in [1.82, 2.24) is 5.32 Å². The Morgan fingerprint density at radius 2 is 2.00 bits per heavy atom. The summed E-state index contributed by atoms with van der Waals surface area (Å²) in [5.41, 5.74) is 0. The SMILES string of the molecule is CC(=O)N[C@@H](CS)C(=O)O.O=C(O)CCCC[C@@H]1CCSS1. The summed E-state index contributed by atoms with van der Waals surface area (Å²) in [6.07, 6.45) is 4.76. The number of hydrogen-bond donors (Lipinski definition) is 4. The van der Waals surface area contributed by atoms with Crippen molar-refractivity contribution in [3.05, 3.63) is 0 Å². The van der Waals surface area contributed by atoms with Gasteiger partial charge in [0, 0.05) is 30.1 Å². The molecule has 0 aliphatic carbocycles. The van der Waals surface area contributed by atoms with E-state index >= 15 is 0 Å². The Hall–Kier alpha value is -0.540. The van der Waals surface area contributed by atoms with Crippen LogP contribution in [0.4, 0.5) is 0 Å². The number of hydrogen-bond acceptors (Lipinski definition) is 6. The molecule has 0 aromatic carbocycles. The van der Waals surface area contributed by atoms with Gasteiger partial charge in [0.15, 0.2) is 0 Å². The third-order valence-corrected chi connectivity index (χ3v) is 6.12. The molecule has 2 atom stereocenters. The van der Waals surface area contributed by atoms with Gasteiger partial charge in [-0.3, -0.25) is 9.59 Å². The average Bonchev–Trinajstić information content (AvgIpc) is 2.94. The van der Waals surface area contributed by atoms with E-state index in [4.69, 9.17) is 10.2 Å². The minimum atomic E-state index is -1.06. The molecule has 9 heteroatoms. The first-order valence-electron chi connectivity index (χ1n) is 6.97. The standard InChI is InChI=1S/C8H14O2S2.C5H9NO3S/c9-8(10)4-2-1-3-7-5-6-11-12-7;1-3(7)6-4(2-10)5(8)9/h7H,1-6H2,(H,9,10);4,10H,2H2,1H3,(H,6,7)(H,8,9)/t7-;4-/m10/s1. The van der Waals surface area contributed by atoms with Crippen molar-refractivity contribution in [2.24, 2.45) is 0 Å². The van der Waals surface area contributed by atoms with Gasteiger partial charge >= 0.3 is 11.9 Å². The molecule has 22 heavy (non-hydrogen) atoms. The van der Waals surface area contributed by atoms with E-state index in [1.165, 1.54) is 25.5 Å². The molecule has 0 aromatic heterocycles. The summed E-state index contributed by atoms with van der Waals surface area (Å²) in [4.78, 5) is 30.7. The summed E-state index contributed by atoms with van der Waals surface area (Å²) in [7, 11) is 3.92. The van der Waals surface area contributed by atoms with Crippen LogP contribution in [0.3, 0.4) is 0 Å². The van der Waals surface area contributed by atoms with Crippen LogP contribution in [0, 0.1) is 0 Å². The van der Waals surface area contributed by atoms with Crippen LogP contribution in [-0.2, 0) is 14.4 Å². The number of carboxylic acids is 2. The number of aliphatic carboxylic acids is 2. The normalized spacial score (nSPS) is 18.0. The maximum Gasteiger partial charge on any atom is 0.327 e. The highest BCUT2D eigenvalue weighted by atomic mass is 33.1. The Morgan fingerprint density at radius 1 is 1.32 bits per heavy atom. The molecule has 0 saturated carbocycles. The smallest absolute Gasteiger partial charge is 0.327 e. The van der Waals surface area contributed by atoms with E-state index in [1.807, 2.05) is 21.6 Å². The van der Waals surface area contributed by atoms with E-state index in [-0.39, 0.29) is 11.7 Å². The van der Waals surface area contributed by atoms with E-state index in [0.29, 0.717) is 6.42 Å². The minimum Gasteiger partial charge on any atom is -0.481 e. The highest BCUT2D eigenvalue weighted by Gasteiger charge is 2.16. The topological polar surface area (TPSA) is 104 Å². The van der Waals surface area contributed by atoms with Crippen LogP contribution in [0.15, 0.2) is 0 Å². The van der Waals surface area contributed by atoms with Gasteiger partial charge in [-0.15, -0.1) is 0 Å². The Morgan fingerprint density at radius 3 is 2.36 bits per heavy atom. The molecule has 0 bridgehead atoms. The zero-order chi connectivity index (χ0) is 17.0. The Kier molecular flexibility index (Phi) is 12.6. The van der Waals surface area contributed by atoms with Crippen LogP contribution in [0.1, 0.15) is 39.0 Å². The van der Waals surface area contributed by atoms with E-state index in [9.17, 15) is 14.4 Å². The molecular weight excluding hydrogens is 346 g/mol. The van der Waals surface area contributed by atoms with Gasteiger partial charge in [0.1, 0.15) is 6.04 Å². The molecule has 128 valence electrons. The monoisotopic (exact) mass is 369 g/mol. The summed E-state index contributed by atoms with van der Waals surface area (Å²) in [5, 5.41) is 19.8. The number of unbranched alkanes of at least 4 members (excludes halogenated alkanes) is 1. The molecule has 1 aliphatic heterocycles. The molecule has 6 nitrogen and oxygen atoms in total. The van der Waals surface area contributed by atoms with Crippen LogP contribution in [-0.4, -0.2) is 50.9 Å². The molecule has 1 heterocycles. The lowest BCUT2D eigenvalue weighted by atomic mass is 10.1. The molecule has 0 unspecified atom stereocenters. The van der Waals surface area contributed by atoms with Crippen LogP contribution in [0.25, 0.3) is 0 Å². The van der Waals surface area contributed by atoms with Crippen molar-refractivity contribution in [2.45, 2.75) is 50.3 Å². The number of carbonyl (C=O) groups excluding carboxylic acids is 1. The summed E-state index contributed by atoms with van der Waals surface area (Å²) < 4.78 is 0. The summed E-state index contributed by atoms with van der Waals surface area (Å²) >= 11 is 3.73. The van der Waals surface area contributed by atoms with Crippen molar-refractivity contribution in [3.8, 4) is 0 Å². The number of carbonyl (C=O) groups is 3. The van der Waals surface area contributed by atoms with Gasteiger partial charge in [-0.1, -0.05) is 28.0 Å². The average molecular weight is 370 g/mol. The van der Waals surface area contributed by atoms with Crippen LogP contribution in [0.2, 0.25) is 0 Å². The third kappa shape index (κ3) is 12.0. The van der Waals surface area contributed by atoms with Gasteiger partial charge in [-0.25, -0.2) is 4.79 Å². The van der Waals surface area contributed by atoms with Gasteiger partial charge in [0.2, 0.25) is 5.91 Å². The van der Waals surface area contributed by atoms with E-state index in [1.54, 1.807) is 0 Å². The largest absolute Gasteiger partial charge is 0.481 e. The van der Waals surface area contributed by atoms with Crippen molar-refractivity contribution >= 4 is 52.1 Å². The van der Waals surface area contributed by atoms with E-state index in [0.717, 1.165) is 18.1 Å². The van der Waals surface area contributed by atoms with Crippen LogP contribution in [0.5, 0.6) is 0 Å². The fourth-order valence-electron chi connectivity index (χ4n) is 1.64. The zero-order valence-corrected chi connectivity index (χ0v) is 15.0. The molecule has 0 aromatic rings. The molecule has 0 spiro atoms. The maximum absolute atomic E-state index is 10.3. The molecule has 1 amide bonds. The maximum atomic E-state index is 10.3. The lowest BCUT2D eigenvalue weighted by Crippen LogP contribution is -2.40. The minimum absolute atomic E-state index is 0.106. The summed E-state index contributed by atoms with van der Waals surface area (Å²) in [6.45, 7) is 1.26. The number of nitrogens with one attached hydrogen (secondary N) is 1. The first-order valence-corrected chi connectivity index (χ1v) is 9.99. The predicted molar refractivity (Wildman–Crippen MR) is 93.7 cm³/mol. The predicted octanol–water partition coefficient (Wildman–Crippen LogP) is 2.29. The van der Waals surface area contributed by atoms with Crippen molar-refractivity contribution < 1.29 is 24.6 Å². The van der Waals surface area contributed by atoms with Crippen LogP contribution < -0.4 is 5.32 Å². The van der Waals surface area contributed by atoms with Gasteiger partial charge in [-0.05, 0) is 19.3 Å². The summed E-state index contributed by atoms with van der Waals surface area (Å²) in [6, 6.07) is -0.874. The number of rotatable bonds is 8. The lowest BCUT2D eigenvalue weighted by Gasteiger charge is -2.08. The number of carboxylic acid groups (broad SMARTS) is 2. The molecule has 1 saturated heterocycles. The molecule has 1 aliphatic rings. The van der Waals surface area contributed by atoms with Crippen molar-refractivity contribution in [2.75, 3.05) is 11.5 Å². The second-order valence-corrected chi connectivity index (χ2v) is 7.89. The Balaban J connectivity index is 0.000000409. The highest BCUT2D eigenvalue weighted by molar-refractivity contribution is 8.77. The molecule has 3 N–H and O–H groups in total. The fourth-order valence-corrected chi connectivity index (χ4v) is 4.92. The third-order valence-electron chi connectivity index (χ3n) is 2.75. The molecule has 1 fully saturated rings. The fraction of sp³-hybridized carbons (Fsp3) is 0.769. The van der Waals surface area contributed by atoms with E-state index in [2.05, 4.69) is 17.9 Å². The Bertz CT molecular complexity index is 362. The Labute approximate surface area is 144 Å². The molecule has 0 radical (unpaired) electrons. The van der Waals surface area contributed by atoms with Gasteiger partial charge in [-0.2, -0.15) is 12.6 Å². The van der Waals surface area contributed by atoms with Gasteiger partial charge in [0.05, 0.1) is 0 Å². The zero-order valence-electron chi connectivity index (χ0n) is 12.5. The van der Waals surface area contributed by atoms with Crippen molar-refractivity contribution in [1.29, 1.82) is 0 Å². The summed E-state index contributed by atoms with van der Waals surface area (Å²) in [5.74, 6) is -0.710. The molecule has 1 rings (SSSR count). The van der Waals surface area contributed by atoms with Crippen molar-refractivity contribution in [3.63, 3.8) is 0 Å². The quantitative estimate of drug-likeness (QED) is 0.296. The first kappa shape index (κ1) is 21.5. The second kappa shape index (κ2) is 13.0. The highest BCUT2D eigenvalue weighted by Crippen LogP contribution is 2.39. The van der Waals surface area contributed by atoms with Gasteiger partial charge < -0.3 is 15.5 Å². The number of amides is 1. The second-order valence-electron chi connectivity index (χ2n) is 4.74. The molecular formula is C13H23NO5S3. The van der Waals surface area contributed by atoms with Crippen LogP contribution >= 0.6 is 34.2 Å². The first-order chi connectivity index (χ1) is 10.4.